The number of halogens is 3. The minimum atomic E-state index is -0.398. The molecule has 5 nitrogen and oxygen atoms in total. The maximum Gasteiger partial charge on any atom is 0.193 e. The predicted octanol–water partition coefficient (Wildman–Crippen LogP) is 2.38. The number of aryl methyl sites for hydroxylation is 1. The summed E-state index contributed by atoms with van der Waals surface area (Å²) in [5.74, 6) is 0.129. The molecule has 0 aliphatic rings. The lowest BCUT2D eigenvalue weighted by Crippen LogP contribution is -2.03. The van der Waals surface area contributed by atoms with Gasteiger partial charge in [-0.15, -0.1) is 10.2 Å². The number of nitrogens with zero attached hydrogens (tertiary/aromatic N) is 4. The monoisotopic (exact) mass is 319 g/mol. The standard InChI is InChI=1S/C9H8BrClFN5/c1-17-15-8(14-16-17)4-13-9-6(10)2-5(12)3-7(9)11/h2-3,13H,4H2,1H3. The molecule has 0 bridgehead atoms. The molecule has 1 aromatic carbocycles. The van der Waals surface area contributed by atoms with Gasteiger partial charge in [0.25, 0.3) is 0 Å². The Balaban J connectivity index is 2.14. The van der Waals surface area contributed by atoms with Crippen molar-refractivity contribution in [3.63, 3.8) is 0 Å². The Kier molecular flexibility index (Phi) is 3.58. The summed E-state index contributed by atoms with van der Waals surface area (Å²) in [5.41, 5.74) is 0.598. The van der Waals surface area contributed by atoms with Crippen LogP contribution in [0.25, 0.3) is 0 Å². The molecule has 0 saturated heterocycles. The van der Waals surface area contributed by atoms with Crippen LogP contribution < -0.4 is 5.32 Å². The van der Waals surface area contributed by atoms with E-state index < -0.39 is 5.82 Å². The number of hydrogen-bond donors (Lipinski definition) is 1. The maximum absolute atomic E-state index is 13.0. The lowest BCUT2D eigenvalue weighted by Gasteiger charge is -2.08. The van der Waals surface area contributed by atoms with Gasteiger partial charge in [-0.05, 0) is 33.3 Å². The number of aromatic nitrogens is 4. The summed E-state index contributed by atoms with van der Waals surface area (Å²) in [7, 11) is 1.68. The van der Waals surface area contributed by atoms with Gasteiger partial charge in [0, 0.05) is 4.47 Å². The van der Waals surface area contributed by atoms with Crippen molar-refractivity contribution in [1.82, 2.24) is 20.2 Å². The first-order chi connectivity index (χ1) is 8.06. The van der Waals surface area contributed by atoms with Gasteiger partial charge in [-0.3, -0.25) is 0 Å². The molecule has 2 aromatic rings. The number of benzene rings is 1. The van der Waals surface area contributed by atoms with E-state index in [2.05, 4.69) is 36.7 Å². The second-order valence-electron chi connectivity index (χ2n) is 3.29. The van der Waals surface area contributed by atoms with Crippen LogP contribution >= 0.6 is 27.5 Å². The Morgan fingerprint density at radius 3 is 2.88 bits per heavy atom. The normalized spacial score (nSPS) is 10.6. The molecule has 1 aromatic heterocycles. The fourth-order valence-electron chi connectivity index (χ4n) is 1.27. The van der Waals surface area contributed by atoms with Crippen LogP contribution in [0.15, 0.2) is 16.6 Å². The van der Waals surface area contributed by atoms with Gasteiger partial charge in [0.05, 0.1) is 24.3 Å². The average molecular weight is 321 g/mol. The maximum atomic E-state index is 13.0. The lowest BCUT2D eigenvalue weighted by atomic mass is 10.3. The van der Waals surface area contributed by atoms with E-state index in [1.54, 1.807) is 7.05 Å². The average Bonchev–Trinajstić information content (AvgIpc) is 2.62. The van der Waals surface area contributed by atoms with Gasteiger partial charge in [0.2, 0.25) is 0 Å². The van der Waals surface area contributed by atoms with Gasteiger partial charge in [-0.1, -0.05) is 11.6 Å². The van der Waals surface area contributed by atoms with Gasteiger partial charge < -0.3 is 5.32 Å². The predicted molar refractivity (Wildman–Crippen MR) is 65.2 cm³/mol. The molecule has 0 unspecified atom stereocenters. The molecule has 0 radical (unpaired) electrons. The lowest BCUT2D eigenvalue weighted by molar-refractivity contribution is 0.627. The summed E-state index contributed by atoms with van der Waals surface area (Å²) in [6.45, 7) is 0.359. The van der Waals surface area contributed by atoms with Crippen molar-refractivity contribution in [2.45, 2.75) is 6.54 Å². The highest BCUT2D eigenvalue weighted by atomic mass is 79.9. The van der Waals surface area contributed by atoms with E-state index >= 15 is 0 Å². The smallest absolute Gasteiger partial charge is 0.193 e. The van der Waals surface area contributed by atoms with Crippen molar-refractivity contribution in [3.8, 4) is 0 Å². The van der Waals surface area contributed by atoms with E-state index in [0.29, 0.717) is 27.6 Å². The van der Waals surface area contributed by atoms with Gasteiger partial charge in [-0.25, -0.2) is 4.39 Å². The molecule has 0 saturated carbocycles. The van der Waals surface area contributed by atoms with Crippen LogP contribution in [0, 0.1) is 5.82 Å². The molecule has 8 heteroatoms. The highest BCUT2D eigenvalue weighted by Crippen LogP contribution is 2.31. The highest BCUT2D eigenvalue weighted by molar-refractivity contribution is 9.10. The Morgan fingerprint density at radius 1 is 1.53 bits per heavy atom. The van der Waals surface area contributed by atoms with Gasteiger partial charge >= 0.3 is 0 Å². The van der Waals surface area contributed by atoms with Crippen molar-refractivity contribution < 1.29 is 4.39 Å². The van der Waals surface area contributed by atoms with Crippen molar-refractivity contribution in [2.75, 3.05) is 5.32 Å². The third-order valence-corrected chi connectivity index (χ3v) is 2.90. The Labute approximate surface area is 110 Å². The minimum absolute atomic E-state index is 0.292. The molecule has 0 amide bonds. The van der Waals surface area contributed by atoms with Crippen molar-refractivity contribution in [1.29, 1.82) is 0 Å². The minimum Gasteiger partial charge on any atom is -0.375 e. The molecule has 0 aliphatic heterocycles. The molecule has 2 rings (SSSR count). The van der Waals surface area contributed by atoms with Gasteiger partial charge in [-0.2, -0.15) is 4.80 Å². The summed E-state index contributed by atoms with van der Waals surface area (Å²) in [6, 6.07) is 2.57. The summed E-state index contributed by atoms with van der Waals surface area (Å²) >= 11 is 9.14. The fourth-order valence-corrected chi connectivity index (χ4v) is 2.23. The third-order valence-electron chi connectivity index (χ3n) is 1.98. The second-order valence-corrected chi connectivity index (χ2v) is 4.55. The van der Waals surface area contributed by atoms with Crippen LogP contribution in [0.2, 0.25) is 5.02 Å². The van der Waals surface area contributed by atoms with E-state index in [1.165, 1.54) is 16.9 Å². The zero-order valence-electron chi connectivity index (χ0n) is 8.78. The van der Waals surface area contributed by atoms with E-state index in [9.17, 15) is 4.39 Å². The molecular formula is C9H8BrClFN5. The largest absolute Gasteiger partial charge is 0.375 e. The topological polar surface area (TPSA) is 55.6 Å². The summed E-state index contributed by atoms with van der Waals surface area (Å²) in [5, 5.41) is 14.8. The number of hydrogen-bond acceptors (Lipinski definition) is 4. The first-order valence-electron chi connectivity index (χ1n) is 4.67. The third kappa shape index (κ3) is 2.92. The molecule has 0 atom stereocenters. The Morgan fingerprint density at radius 2 is 2.29 bits per heavy atom. The zero-order valence-corrected chi connectivity index (χ0v) is 11.1. The first-order valence-corrected chi connectivity index (χ1v) is 5.84. The van der Waals surface area contributed by atoms with E-state index in [-0.39, 0.29) is 0 Å². The summed E-state index contributed by atoms with van der Waals surface area (Å²) < 4.78 is 13.5. The van der Waals surface area contributed by atoms with Crippen LogP contribution in [0.3, 0.4) is 0 Å². The number of anilines is 1. The van der Waals surface area contributed by atoms with E-state index in [0.717, 1.165) is 0 Å². The van der Waals surface area contributed by atoms with E-state index in [4.69, 9.17) is 11.6 Å². The van der Waals surface area contributed by atoms with Crippen LogP contribution in [0.5, 0.6) is 0 Å². The van der Waals surface area contributed by atoms with Crippen LogP contribution in [-0.4, -0.2) is 20.2 Å². The number of nitrogens with one attached hydrogen (secondary N) is 1. The number of rotatable bonds is 3. The molecule has 0 fully saturated rings. The summed E-state index contributed by atoms with van der Waals surface area (Å²) in [6.07, 6.45) is 0. The van der Waals surface area contributed by atoms with E-state index in [1.807, 2.05) is 0 Å². The van der Waals surface area contributed by atoms with Gasteiger partial charge in [0.15, 0.2) is 5.82 Å². The fraction of sp³-hybridized carbons (Fsp3) is 0.222. The van der Waals surface area contributed by atoms with Crippen LogP contribution in [0.4, 0.5) is 10.1 Å². The van der Waals surface area contributed by atoms with Crippen LogP contribution in [0.1, 0.15) is 5.82 Å². The number of tetrazole rings is 1. The first kappa shape index (κ1) is 12.3. The molecule has 0 spiro atoms. The highest BCUT2D eigenvalue weighted by Gasteiger charge is 2.09. The van der Waals surface area contributed by atoms with Crippen molar-refractivity contribution >= 4 is 33.2 Å². The molecule has 1 N–H and O–H groups in total. The molecular weight excluding hydrogens is 312 g/mol. The molecule has 0 aliphatic carbocycles. The zero-order chi connectivity index (χ0) is 12.4. The van der Waals surface area contributed by atoms with Crippen molar-refractivity contribution in [3.05, 3.63) is 33.3 Å². The van der Waals surface area contributed by atoms with Crippen molar-refractivity contribution in [2.24, 2.45) is 7.05 Å². The van der Waals surface area contributed by atoms with Gasteiger partial charge in [0.1, 0.15) is 5.82 Å². The Hall–Kier alpha value is -1.21. The molecule has 90 valence electrons. The quantitative estimate of drug-likeness (QED) is 0.943. The Bertz CT molecular complexity index is 521. The summed E-state index contributed by atoms with van der Waals surface area (Å²) in [4.78, 5) is 1.36. The van der Waals surface area contributed by atoms with Crippen LogP contribution in [-0.2, 0) is 13.6 Å². The SMILES string of the molecule is Cn1nnc(CNc2c(Cl)cc(F)cc2Br)n1. The molecule has 1 heterocycles. The molecule has 17 heavy (non-hydrogen) atoms. The second kappa shape index (κ2) is 4.97.